The number of likely N-dealkylation sites (N-methyl/N-ethyl adjacent to an activating group) is 1. The Morgan fingerprint density at radius 2 is 1.90 bits per heavy atom. The largest absolute Gasteiger partial charge is 0.310 e. The zero-order chi connectivity index (χ0) is 15.4. The molecule has 1 atom stereocenters. The number of rotatable bonds is 5. The van der Waals surface area contributed by atoms with Crippen LogP contribution in [0.3, 0.4) is 0 Å². The molecule has 0 bridgehead atoms. The third-order valence-corrected chi connectivity index (χ3v) is 3.93. The molecule has 1 nitrogen and oxygen atoms in total. The second-order valence-corrected chi connectivity index (χ2v) is 5.85. The van der Waals surface area contributed by atoms with E-state index in [2.05, 4.69) is 44.3 Å². The fraction of sp³-hybridized carbons (Fsp3) is 0.333. The molecule has 21 heavy (non-hydrogen) atoms. The first-order valence-electron chi connectivity index (χ1n) is 7.25. The Labute approximate surface area is 131 Å². The molecule has 2 aromatic carbocycles. The Hall–Kier alpha value is -1.38. The second kappa shape index (κ2) is 7.06. The molecule has 0 saturated carbocycles. The number of nitrogens with one attached hydrogen (secondary N) is 1. The van der Waals surface area contributed by atoms with Crippen LogP contribution in [-0.4, -0.2) is 6.54 Å². The van der Waals surface area contributed by atoms with Gasteiger partial charge in [-0.2, -0.15) is 0 Å². The van der Waals surface area contributed by atoms with Gasteiger partial charge in [0.25, 0.3) is 0 Å². The summed E-state index contributed by atoms with van der Waals surface area (Å²) < 4.78 is 14.0. The Bertz CT molecular complexity index is 625. The molecule has 112 valence electrons. The van der Waals surface area contributed by atoms with E-state index in [4.69, 9.17) is 11.6 Å². The van der Waals surface area contributed by atoms with E-state index < -0.39 is 0 Å². The van der Waals surface area contributed by atoms with Crippen LogP contribution in [0.5, 0.6) is 0 Å². The molecule has 1 N–H and O–H groups in total. The Kier molecular flexibility index (Phi) is 5.38. The van der Waals surface area contributed by atoms with Gasteiger partial charge < -0.3 is 5.32 Å². The first-order chi connectivity index (χ1) is 10.0. The summed E-state index contributed by atoms with van der Waals surface area (Å²) in [6, 6.07) is 11.2. The van der Waals surface area contributed by atoms with Gasteiger partial charge in [0.2, 0.25) is 0 Å². The smallest absolute Gasteiger partial charge is 0.126 e. The van der Waals surface area contributed by atoms with Crippen molar-refractivity contribution in [1.29, 1.82) is 0 Å². The number of benzene rings is 2. The van der Waals surface area contributed by atoms with Crippen LogP contribution in [-0.2, 0) is 6.42 Å². The summed E-state index contributed by atoms with van der Waals surface area (Å²) in [6.07, 6.45) is 0.588. The normalized spacial score (nSPS) is 12.4. The average molecular weight is 306 g/mol. The van der Waals surface area contributed by atoms with E-state index in [1.807, 2.05) is 0 Å². The summed E-state index contributed by atoms with van der Waals surface area (Å²) in [5.41, 5.74) is 4.30. The van der Waals surface area contributed by atoms with Crippen LogP contribution in [0.4, 0.5) is 4.39 Å². The molecule has 2 rings (SSSR count). The van der Waals surface area contributed by atoms with Gasteiger partial charge in [-0.05, 0) is 61.7 Å². The van der Waals surface area contributed by atoms with Gasteiger partial charge in [0.05, 0.1) is 0 Å². The van der Waals surface area contributed by atoms with Gasteiger partial charge in [-0.1, -0.05) is 42.3 Å². The highest BCUT2D eigenvalue weighted by atomic mass is 35.5. The first kappa shape index (κ1) is 16.0. The lowest BCUT2D eigenvalue weighted by atomic mass is 9.93. The lowest BCUT2D eigenvalue weighted by molar-refractivity contribution is 0.526. The maximum absolute atomic E-state index is 14.0. The molecule has 0 aliphatic carbocycles. The highest BCUT2D eigenvalue weighted by Gasteiger charge is 2.16. The SMILES string of the molecule is CCNC(Cc1cc(Cl)ccc1F)c1cc(C)ccc1C. The molecule has 0 radical (unpaired) electrons. The molecular weight excluding hydrogens is 285 g/mol. The van der Waals surface area contributed by atoms with E-state index >= 15 is 0 Å². The molecule has 0 amide bonds. The van der Waals surface area contributed by atoms with Crippen LogP contribution in [0.2, 0.25) is 5.02 Å². The Morgan fingerprint density at radius 1 is 1.14 bits per heavy atom. The van der Waals surface area contributed by atoms with Crippen LogP contribution < -0.4 is 5.32 Å². The van der Waals surface area contributed by atoms with Crippen molar-refractivity contribution >= 4 is 11.6 Å². The van der Waals surface area contributed by atoms with Gasteiger partial charge in [-0.25, -0.2) is 4.39 Å². The predicted octanol–water partition coefficient (Wildman–Crippen LogP) is 4.99. The molecule has 1 unspecified atom stereocenters. The summed E-state index contributed by atoms with van der Waals surface area (Å²) >= 11 is 5.99. The quantitative estimate of drug-likeness (QED) is 0.820. The Morgan fingerprint density at radius 3 is 2.62 bits per heavy atom. The summed E-state index contributed by atoms with van der Waals surface area (Å²) in [4.78, 5) is 0. The number of hydrogen-bond donors (Lipinski definition) is 1. The minimum Gasteiger partial charge on any atom is -0.310 e. The molecule has 0 fully saturated rings. The van der Waals surface area contributed by atoms with Crippen molar-refractivity contribution in [3.63, 3.8) is 0 Å². The molecule has 0 saturated heterocycles. The highest BCUT2D eigenvalue weighted by molar-refractivity contribution is 6.30. The Balaban J connectivity index is 2.35. The first-order valence-corrected chi connectivity index (χ1v) is 7.63. The van der Waals surface area contributed by atoms with Crippen molar-refractivity contribution in [2.24, 2.45) is 0 Å². The summed E-state index contributed by atoms with van der Waals surface area (Å²) in [5, 5.41) is 4.02. The van der Waals surface area contributed by atoms with Gasteiger partial charge >= 0.3 is 0 Å². The van der Waals surface area contributed by atoms with E-state index in [1.165, 1.54) is 22.8 Å². The lowest BCUT2D eigenvalue weighted by Crippen LogP contribution is -2.24. The van der Waals surface area contributed by atoms with Gasteiger partial charge in [0.15, 0.2) is 0 Å². The van der Waals surface area contributed by atoms with E-state index in [-0.39, 0.29) is 11.9 Å². The zero-order valence-corrected chi connectivity index (χ0v) is 13.5. The van der Waals surface area contributed by atoms with Crippen molar-refractivity contribution in [3.05, 3.63) is 69.5 Å². The monoisotopic (exact) mass is 305 g/mol. The van der Waals surface area contributed by atoms with E-state index in [9.17, 15) is 4.39 Å². The minimum absolute atomic E-state index is 0.0860. The van der Waals surface area contributed by atoms with Crippen molar-refractivity contribution in [2.45, 2.75) is 33.2 Å². The molecular formula is C18H21ClFN. The van der Waals surface area contributed by atoms with Crippen molar-refractivity contribution < 1.29 is 4.39 Å². The van der Waals surface area contributed by atoms with E-state index in [0.29, 0.717) is 17.0 Å². The van der Waals surface area contributed by atoms with Gasteiger partial charge in [-0.3, -0.25) is 0 Å². The van der Waals surface area contributed by atoms with Crippen LogP contribution in [0.15, 0.2) is 36.4 Å². The topological polar surface area (TPSA) is 12.0 Å². The maximum atomic E-state index is 14.0. The third-order valence-electron chi connectivity index (χ3n) is 3.69. The van der Waals surface area contributed by atoms with Crippen LogP contribution >= 0.6 is 11.6 Å². The van der Waals surface area contributed by atoms with Crippen molar-refractivity contribution in [1.82, 2.24) is 5.32 Å². The summed E-state index contributed by atoms with van der Waals surface area (Å²) in [5.74, 6) is -0.201. The van der Waals surface area contributed by atoms with Crippen LogP contribution in [0.25, 0.3) is 0 Å². The molecule has 0 heterocycles. The third kappa shape index (κ3) is 4.05. The fourth-order valence-electron chi connectivity index (χ4n) is 2.59. The van der Waals surface area contributed by atoms with E-state index in [1.54, 1.807) is 12.1 Å². The molecule has 0 aliphatic rings. The van der Waals surface area contributed by atoms with Crippen molar-refractivity contribution in [2.75, 3.05) is 6.54 Å². The fourth-order valence-corrected chi connectivity index (χ4v) is 2.79. The number of halogens is 2. The second-order valence-electron chi connectivity index (χ2n) is 5.41. The van der Waals surface area contributed by atoms with Gasteiger partial charge in [0.1, 0.15) is 5.82 Å². The van der Waals surface area contributed by atoms with Crippen molar-refractivity contribution in [3.8, 4) is 0 Å². The number of hydrogen-bond acceptors (Lipinski definition) is 1. The molecule has 0 aromatic heterocycles. The minimum atomic E-state index is -0.201. The van der Waals surface area contributed by atoms with Crippen LogP contribution in [0.1, 0.15) is 35.2 Å². The summed E-state index contributed by atoms with van der Waals surface area (Å²) in [6.45, 7) is 7.06. The maximum Gasteiger partial charge on any atom is 0.126 e. The van der Waals surface area contributed by atoms with Crippen LogP contribution in [0, 0.1) is 19.7 Å². The molecule has 2 aromatic rings. The zero-order valence-electron chi connectivity index (χ0n) is 12.7. The highest BCUT2D eigenvalue weighted by Crippen LogP contribution is 2.25. The van der Waals surface area contributed by atoms with Gasteiger partial charge in [0, 0.05) is 11.1 Å². The molecule has 3 heteroatoms. The molecule has 0 spiro atoms. The van der Waals surface area contributed by atoms with E-state index in [0.717, 1.165) is 6.54 Å². The number of aryl methyl sites for hydroxylation is 2. The summed E-state index contributed by atoms with van der Waals surface area (Å²) in [7, 11) is 0. The lowest BCUT2D eigenvalue weighted by Gasteiger charge is -2.21. The average Bonchev–Trinajstić information content (AvgIpc) is 2.45. The molecule has 0 aliphatic heterocycles. The van der Waals surface area contributed by atoms with Gasteiger partial charge in [-0.15, -0.1) is 0 Å². The standard InChI is InChI=1S/C18H21ClFN/c1-4-21-18(16-9-12(2)5-6-13(16)3)11-14-10-15(19)7-8-17(14)20/h5-10,18,21H,4,11H2,1-3H3. The predicted molar refractivity (Wildman–Crippen MR) is 87.4 cm³/mol.